The van der Waals surface area contributed by atoms with E-state index < -0.39 is 35.6 Å². The molecule has 3 aromatic rings. The first-order chi connectivity index (χ1) is 17.4. The number of hydrogen-bond acceptors (Lipinski definition) is 3. The lowest BCUT2D eigenvalue weighted by atomic mass is 9.95. The number of aryl methyl sites for hydroxylation is 1. The molecule has 1 unspecified atom stereocenters. The minimum atomic E-state index is -4.60. The first-order valence-electron chi connectivity index (χ1n) is 11.3. The summed E-state index contributed by atoms with van der Waals surface area (Å²) in [7, 11) is 0. The summed E-state index contributed by atoms with van der Waals surface area (Å²) in [6, 6.07) is 13.5. The quantitative estimate of drug-likeness (QED) is 0.372. The zero-order chi connectivity index (χ0) is 26.9. The van der Waals surface area contributed by atoms with Gasteiger partial charge >= 0.3 is 12.1 Å². The molecular formula is C27H22ClF3N2O4. The molecule has 0 saturated heterocycles. The van der Waals surface area contributed by atoms with Gasteiger partial charge in [-0.3, -0.25) is 9.59 Å². The Morgan fingerprint density at radius 2 is 1.78 bits per heavy atom. The normalized spacial score (nSPS) is 15.6. The molecule has 0 spiro atoms. The predicted octanol–water partition coefficient (Wildman–Crippen LogP) is 5.57. The minimum absolute atomic E-state index is 0.0403. The van der Waals surface area contributed by atoms with Crippen LogP contribution in [0, 0.1) is 6.92 Å². The van der Waals surface area contributed by atoms with Gasteiger partial charge in [0.05, 0.1) is 11.5 Å². The maximum atomic E-state index is 13.5. The van der Waals surface area contributed by atoms with Gasteiger partial charge in [0, 0.05) is 23.6 Å². The van der Waals surface area contributed by atoms with Crippen LogP contribution in [0.15, 0.2) is 60.7 Å². The van der Waals surface area contributed by atoms with Crippen LogP contribution in [-0.4, -0.2) is 28.9 Å². The third-order valence-electron chi connectivity index (χ3n) is 6.17. The van der Waals surface area contributed by atoms with Gasteiger partial charge in [-0.05, 0) is 52.9 Å². The summed E-state index contributed by atoms with van der Waals surface area (Å²) in [6.07, 6.45) is -4.92. The van der Waals surface area contributed by atoms with Gasteiger partial charge in [-0.1, -0.05) is 54.1 Å². The number of halogens is 4. The Labute approximate surface area is 215 Å². The minimum Gasteiger partial charge on any atom is -0.480 e. The molecule has 3 aromatic carbocycles. The maximum absolute atomic E-state index is 13.5. The molecule has 37 heavy (non-hydrogen) atoms. The van der Waals surface area contributed by atoms with Crippen LogP contribution in [0.5, 0.6) is 0 Å². The monoisotopic (exact) mass is 530 g/mol. The molecule has 0 saturated carbocycles. The molecule has 0 aromatic heterocycles. The summed E-state index contributed by atoms with van der Waals surface area (Å²) < 4.78 is 40.4. The van der Waals surface area contributed by atoms with Gasteiger partial charge in [-0.15, -0.1) is 0 Å². The van der Waals surface area contributed by atoms with Crippen LogP contribution in [0.4, 0.5) is 18.9 Å². The zero-order valence-electron chi connectivity index (χ0n) is 19.5. The van der Waals surface area contributed by atoms with E-state index in [9.17, 15) is 32.7 Å². The van der Waals surface area contributed by atoms with Crippen molar-refractivity contribution in [1.82, 2.24) is 5.32 Å². The SMILES string of the molecule is Cc1ccc2c(c1)NC(=O)C2CC(=O)N[C@@H](Cc1ccc(-c2ccc(Cl)cc2C(F)(F)F)cc1)C(=O)O. The number of carbonyl (C=O) groups excluding carboxylic acids is 2. The number of benzene rings is 3. The van der Waals surface area contributed by atoms with Crippen LogP contribution in [-0.2, 0) is 27.0 Å². The first kappa shape index (κ1) is 26.2. The number of hydrogen-bond donors (Lipinski definition) is 3. The van der Waals surface area contributed by atoms with E-state index in [0.717, 1.165) is 11.6 Å². The topological polar surface area (TPSA) is 95.5 Å². The Balaban J connectivity index is 1.46. The average Bonchev–Trinajstić information content (AvgIpc) is 3.12. The highest BCUT2D eigenvalue weighted by Gasteiger charge is 2.35. The molecule has 1 aliphatic rings. The van der Waals surface area contributed by atoms with Crippen molar-refractivity contribution in [3.8, 4) is 11.1 Å². The fraction of sp³-hybridized carbons (Fsp3) is 0.222. The predicted molar refractivity (Wildman–Crippen MR) is 132 cm³/mol. The van der Waals surface area contributed by atoms with Gasteiger partial charge < -0.3 is 15.7 Å². The van der Waals surface area contributed by atoms with Crippen LogP contribution in [0.3, 0.4) is 0 Å². The molecule has 0 fully saturated rings. The lowest BCUT2D eigenvalue weighted by molar-refractivity contribution is -0.141. The van der Waals surface area contributed by atoms with Crippen molar-refractivity contribution in [1.29, 1.82) is 0 Å². The van der Waals surface area contributed by atoms with Crippen molar-refractivity contribution in [3.63, 3.8) is 0 Å². The number of anilines is 1. The number of aliphatic carboxylic acids is 1. The number of rotatable bonds is 7. The lowest BCUT2D eigenvalue weighted by Gasteiger charge is -2.17. The average molecular weight is 531 g/mol. The van der Waals surface area contributed by atoms with Crippen LogP contribution in [0.25, 0.3) is 11.1 Å². The van der Waals surface area contributed by atoms with Crippen LogP contribution < -0.4 is 10.6 Å². The molecule has 0 aliphatic carbocycles. The van der Waals surface area contributed by atoms with Crippen LogP contribution >= 0.6 is 11.6 Å². The van der Waals surface area contributed by atoms with Crippen molar-refractivity contribution in [3.05, 3.63) is 87.9 Å². The molecule has 2 amide bonds. The standard InChI is InChI=1S/C27H22ClF3N2O4/c1-14-2-8-19-20(25(35)33-22(19)10-14)13-24(34)32-23(26(36)37)11-15-3-5-16(6-4-15)18-9-7-17(28)12-21(18)27(29,30)31/h2-10,12,20,23H,11,13H2,1H3,(H,32,34)(H,33,35)(H,36,37)/t20?,23-/m0/s1. The van der Waals surface area contributed by atoms with Crippen molar-refractivity contribution < 1.29 is 32.7 Å². The third kappa shape index (κ3) is 5.94. The largest absolute Gasteiger partial charge is 0.480 e. The molecular weight excluding hydrogens is 509 g/mol. The van der Waals surface area contributed by atoms with Gasteiger partial charge in [0.1, 0.15) is 6.04 Å². The molecule has 2 atom stereocenters. The second kappa shape index (κ2) is 10.3. The van der Waals surface area contributed by atoms with E-state index in [-0.39, 0.29) is 34.9 Å². The Morgan fingerprint density at radius 1 is 1.08 bits per heavy atom. The number of alkyl halides is 3. The number of carboxylic acid groups (broad SMARTS) is 1. The van der Waals surface area contributed by atoms with E-state index >= 15 is 0 Å². The Kier molecular flexibility index (Phi) is 7.27. The first-order valence-corrected chi connectivity index (χ1v) is 11.7. The second-order valence-electron chi connectivity index (χ2n) is 8.88. The Morgan fingerprint density at radius 3 is 2.43 bits per heavy atom. The molecule has 4 rings (SSSR count). The summed E-state index contributed by atoms with van der Waals surface area (Å²) >= 11 is 5.74. The van der Waals surface area contributed by atoms with E-state index in [1.54, 1.807) is 12.1 Å². The highest BCUT2D eigenvalue weighted by atomic mass is 35.5. The fourth-order valence-corrected chi connectivity index (χ4v) is 4.52. The molecule has 1 heterocycles. The van der Waals surface area contributed by atoms with Crippen molar-refractivity contribution in [2.45, 2.75) is 37.9 Å². The summed E-state index contributed by atoms with van der Waals surface area (Å²) in [5, 5.41) is 14.8. The molecule has 1 aliphatic heterocycles. The fourth-order valence-electron chi connectivity index (χ4n) is 4.34. The highest BCUT2D eigenvalue weighted by molar-refractivity contribution is 6.30. The van der Waals surface area contributed by atoms with Crippen LogP contribution in [0.1, 0.15) is 34.6 Å². The van der Waals surface area contributed by atoms with E-state index in [2.05, 4.69) is 10.6 Å². The van der Waals surface area contributed by atoms with Crippen molar-refractivity contribution in [2.24, 2.45) is 0 Å². The summed E-state index contributed by atoms with van der Waals surface area (Å²) in [4.78, 5) is 36.8. The van der Waals surface area contributed by atoms with E-state index in [1.807, 2.05) is 13.0 Å². The molecule has 0 bridgehead atoms. The molecule has 192 valence electrons. The highest BCUT2D eigenvalue weighted by Crippen LogP contribution is 2.39. The number of nitrogens with one attached hydrogen (secondary N) is 2. The van der Waals surface area contributed by atoms with Gasteiger partial charge in [0.25, 0.3) is 0 Å². The molecule has 3 N–H and O–H groups in total. The third-order valence-corrected chi connectivity index (χ3v) is 6.41. The van der Waals surface area contributed by atoms with Gasteiger partial charge in [0.15, 0.2) is 0 Å². The van der Waals surface area contributed by atoms with E-state index in [1.165, 1.54) is 36.4 Å². The molecule has 10 heteroatoms. The smallest absolute Gasteiger partial charge is 0.417 e. The molecule has 0 radical (unpaired) electrons. The number of fused-ring (bicyclic) bond motifs is 1. The zero-order valence-corrected chi connectivity index (χ0v) is 20.3. The number of amides is 2. The number of carboxylic acids is 1. The number of carbonyl (C=O) groups is 3. The van der Waals surface area contributed by atoms with Gasteiger partial charge in [-0.25, -0.2) is 4.79 Å². The second-order valence-corrected chi connectivity index (χ2v) is 9.32. The Hall–Kier alpha value is -3.85. The van der Waals surface area contributed by atoms with Gasteiger partial charge in [0.2, 0.25) is 11.8 Å². The maximum Gasteiger partial charge on any atom is 0.417 e. The lowest BCUT2D eigenvalue weighted by Crippen LogP contribution is -2.43. The Bertz CT molecular complexity index is 1370. The summed E-state index contributed by atoms with van der Waals surface area (Å²) in [5.74, 6) is -2.94. The summed E-state index contributed by atoms with van der Waals surface area (Å²) in [6.45, 7) is 1.88. The van der Waals surface area contributed by atoms with Crippen molar-refractivity contribution in [2.75, 3.05) is 5.32 Å². The van der Waals surface area contributed by atoms with Crippen molar-refractivity contribution >= 4 is 35.1 Å². The van der Waals surface area contributed by atoms with Crippen LogP contribution in [0.2, 0.25) is 5.02 Å². The van der Waals surface area contributed by atoms with E-state index in [0.29, 0.717) is 16.8 Å². The molecule has 6 nitrogen and oxygen atoms in total. The van der Waals surface area contributed by atoms with E-state index in [4.69, 9.17) is 11.6 Å². The van der Waals surface area contributed by atoms with Gasteiger partial charge in [-0.2, -0.15) is 13.2 Å². The summed E-state index contributed by atoms with van der Waals surface area (Å²) in [5.41, 5.74) is 2.10.